The van der Waals surface area contributed by atoms with Gasteiger partial charge >= 0.3 is 6.03 Å². The molecule has 18 heavy (non-hydrogen) atoms. The van der Waals surface area contributed by atoms with E-state index in [1.165, 1.54) is 11.3 Å². The van der Waals surface area contributed by atoms with Gasteiger partial charge in [0.05, 0.1) is 6.10 Å². The van der Waals surface area contributed by atoms with Crippen molar-refractivity contribution in [3.05, 3.63) is 5.01 Å². The minimum atomic E-state index is -0.291. The zero-order chi connectivity index (χ0) is 13.1. The number of rotatable bonds is 2. The highest BCUT2D eigenvalue weighted by molar-refractivity contribution is 7.15. The molecule has 0 unspecified atom stereocenters. The number of anilines is 1. The van der Waals surface area contributed by atoms with Crippen LogP contribution in [0.1, 0.15) is 24.8 Å². The Morgan fingerprint density at radius 3 is 2.67 bits per heavy atom. The predicted molar refractivity (Wildman–Crippen MR) is 69.6 cm³/mol. The number of carbonyl (C=O) groups is 1. The summed E-state index contributed by atoms with van der Waals surface area (Å²) in [5.41, 5.74) is 0. The second kappa shape index (κ2) is 5.62. The number of aryl methyl sites for hydroxylation is 1. The van der Waals surface area contributed by atoms with Gasteiger partial charge in [-0.15, -0.1) is 10.2 Å². The first-order valence-electron chi connectivity index (χ1n) is 6.10. The molecule has 1 saturated heterocycles. The molecule has 1 atom stereocenters. The van der Waals surface area contributed by atoms with E-state index in [0.717, 1.165) is 17.8 Å². The van der Waals surface area contributed by atoms with Crippen LogP contribution in [0, 0.1) is 12.8 Å². The molecule has 100 valence electrons. The Balaban J connectivity index is 1.84. The number of piperidine rings is 1. The lowest BCUT2D eigenvalue weighted by Gasteiger charge is -2.32. The third-order valence-electron chi connectivity index (χ3n) is 3.25. The largest absolute Gasteiger partial charge is 0.393 e. The molecule has 2 heterocycles. The summed E-state index contributed by atoms with van der Waals surface area (Å²) in [5, 5.41) is 21.3. The summed E-state index contributed by atoms with van der Waals surface area (Å²) in [6.07, 6.45) is 1.40. The van der Waals surface area contributed by atoms with Crippen molar-refractivity contribution in [2.24, 2.45) is 5.92 Å². The quantitative estimate of drug-likeness (QED) is 0.853. The first-order chi connectivity index (χ1) is 8.56. The van der Waals surface area contributed by atoms with Crippen LogP contribution in [0.25, 0.3) is 0 Å². The van der Waals surface area contributed by atoms with Crippen LogP contribution in [-0.4, -0.2) is 45.4 Å². The SMILES string of the molecule is Cc1nnc(NC(=O)N2CCC([C@H](C)O)CC2)s1. The fraction of sp³-hybridized carbons (Fsp3) is 0.727. The van der Waals surface area contributed by atoms with E-state index >= 15 is 0 Å². The van der Waals surface area contributed by atoms with Gasteiger partial charge < -0.3 is 10.0 Å². The van der Waals surface area contributed by atoms with E-state index in [0.29, 0.717) is 24.1 Å². The Bertz CT molecular complexity index is 413. The summed E-state index contributed by atoms with van der Waals surface area (Å²) in [6.45, 7) is 5.02. The molecule has 2 N–H and O–H groups in total. The molecule has 2 amide bonds. The van der Waals surface area contributed by atoms with E-state index in [1.807, 2.05) is 13.8 Å². The summed E-state index contributed by atoms with van der Waals surface area (Å²) in [4.78, 5) is 13.7. The van der Waals surface area contributed by atoms with Gasteiger partial charge in [0, 0.05) is 13.1 Å². The van der Waals surface area contributed by atoms with E-state index in [-0.39, 0.29) is 12.1 Å². The van der Waals surface area contributed by atoms with Gasteiger partial charge in [0.1, 0.15) is 5.01 Å². The van der Waals surface area contributed by atoms with Crippen LogP contribution in [0.5, 0.6) is 0 Å². The topological polar surface area (TPSA) is 78.4 Å². The number of aliphatic hydroxyl groups excluding tert-OH is 1. The van der Waals surface area contributed by atoms with E-state index in [1.54, 1.807) is 4.90 Å². The van der Waals surface area contributed by atoms with Crippen LogP contribution >= 0.6 is 11.3 Å². The monoisotopic (exact) mass is 270 g/mol. The van der Waals surface area contributed by atoms with Crippen LogP contribution < -0.4 is 5.32 Å². The van der Waals surface area contributed by atoms with E-state index in [9.17, 15) is 9.90 Å². The average molecular weight is 270 g/mol. The maximum absolute atomic E-state index is 11.9. The number of aliphatic hydroxyl groups is 1. The lowest BCUT2D eigenvalue weighted by molar-refractivity contribution is 0.0820. The predicted octanol–water partition coefficient (Wildman–Crippen LogP) is 1.47. The summed E-state index contributed by atoms with van der Waals surface area (Å²) in [5.74, 6) is 0.304. The summed E-state index contributed by atoms with van der Waals surface area (Å²) < 4.78 is 0. The van der Waals surface area contributed by atoms with Crippen LogP contribution in [0.2, 0.25) is 0 Å². The smallest absolute Gasteiger partial charge is 0.323 e. The molecular formula is C11H18N4O2S. The maximum atomic E-state index is 11.9. The van der Waals surface area contributed by atoms with Gasteiger partial charge in [0.15, 0.2) is 0 Å². The molecule has 7 heteroatoms. The summed E-state index contributed by atoms with van der Waals surface area (Å²) in [7, 11) is 0. The number of hydrogen-bond donors (Lipinski definition) is 2. The number of aromatic nitrogens is 2. The van der Waals surface area contributed by atoms with Gasteiger partial charge in [-0.1, -0.05) is 11.3 Å². The van der Waals surface area contributed by atoms with Crippen molar-refractivity contribution < 1.29 is 9.90 Å². The molecule has 0 radical (unpaired) electrons. The molecule has 0 aromatic carbocycles. The highest BCUT2D eigenvalue weighted by Crippen LogP contribution is 2.21. The number of carbonyl (C=O) groups excluding carboxylic acids is 1. The summed E-state index contributed by atoms with van der Waals surface area (Å²) in [6, 6.07) is -0.129. The standard InChI is InChI=1S/C11H18N4O2S/c1-7(16)9-3-5-15(6-4-9)11(17)12-10-14-13-8(2)18-10/h7,9,16H,3-6H2,1-2H3,(H,12,14,17)/t7-/m0/s1. The fourth-order valence-electron chi connectivity index (χ4n) is 2.10. The third-order valence-corrected chi connectivity index (χ3v) is 4.00. The highest BCUT2D eigenvalue weighted by Gasteiger charge is 2.25. The zero-order valence-electron chi connectivity index (χ0n) is 10.6. The zero-order valence-corrected chi connectivity index (χ0v) is 11.4. The van der Waals surface area contributed by atoms with Crippen molar-refractivity contribution >= 4 is 22.5 Å². The van der Waals surface area contributed by atoms with Crippen LogP contribution in [-0.2, 0) is 0 Å². The number of nitrogens with zero attached hydrogens (tertiary/aromatic N) is 3. The van der Waals surface area contributed by atoms with E-state index in [4.69, 9.17) is 0 Å². The van der Waals surface area contributed by atoms with E-state index < -0.39 is 0 Å². The molecule has 0 spiro atoms. The first-order valence-corrected chi connectivity index (χ1v) is 6.92. The van der Waals surface area contributed by atoms with Crippen molar-refractivity contribution in [3.63, 3.8) is 0 Å². The van der Waals surface area contributed by atoms with Gasteiger partial charge in [0.25, 0.3) is 0 Å². The third kappa shape index (κ3) is 3.17. The average Bonchev–Trinajstić information content (AvgIpc) is 2.75. The van der Waals surface area contributed by atoms with Crippen molar-refractivity contribution in [1.29, 1.82) is 0 Å². The van der Waals surface area contributed by atoms with Gasteiger partial charge in [0.2, 0.25) is 5.13 Å². The van der Waals surface area contributed by atoms with Gasteiger partial charge in [-0.05, 0) is 32.6 Å². The van der Waals surface area contributed by atoms with Gasteiger partial charge in [-0.3, -0.25) is 5.32 Å². The fourth-order valence-corrected chi connectivity index (χ4v) is 2.68. The molecule has 1 fully saturated rings. The molecule has 1 aromatic heterocycles. The Labute approximate surface area is 110 Å². The Morgan fingerprint density at radius 2 is 2.17 bits per heavy atom. The lowest BCUT2D eigenvalue weighted by atomic mass is 9.92. The Kier molecular flexibility index (Phi) is 4.13. The molecule has 0 bridgehead atoms. The Morgan fingerprint density at radius 1 is 1.50 bits per heavy atom. The molecule has 6 nitrogen and oxygen atoms in total. The molecule has 1 aliphatic rings. The number of hydrogen-bond acceptors (Lipinski definition) is 5. The molecular weight excluding hydrogens is 252 g/mol. The molecule has 1 aliphatic heterocycles. The lowest BCUT2D eigenvalue weighted by Crippen LogP contribution is -2.42. The van der Waals surface area contributed by atoms with Gasteiger partial charge in [-0.2, -0.15) is 0 Å². The number of nitrogens with one attached hydrogen (secondary N) is 1. The molecule has 1 aromatic rings. The summed E-state index contributed by atoms with van der Waals surface area (Å²) >= 11 is 1.36. The first kappa shape index (κ1) is 13.2. The van der Waals surface area contributed by atoms with Crippen molar-refractivity contribution in [2.45, 2.75) is 32.8 Å². The van der Waals surface area contributed by atoms with Gasteiger partial charge in [-0.25, -0.2) is 4.79 Å². The van der Waals surface area contributed by atoms with E-state index in [2.05, 4.69) is 15.5 Å². The maximum Gasteiger partial charge on any atom is 0.323 e. The minimum Gasteiger partial charge on any atom is -0.393 e. The molecule has 0 saturated carbocycles. The van der Waals surface area contributed by atoms with Crippen LogP contribution in [0.3, 0.4) is 0 Å². The molecule has 2 rings (SSSR count). The highest BCUT2D eigenvalue weighted by atomic mass is 32.1. The normalized spacial score (nSPS) is 18.7. The number of amides is 2. The second-order valence-corrected chi connectivity index (χ2v) is 5.80. The molecule has 0 aliphatic carbocycles. The number of likely N-dealkylation sites (tertiary alicyclic amines) is 1. The van der Waals surface area contributed by atoms with Crippen molar-refractivity contribution in [1.82, 2.24) is 15.1 Å². The Hall–Kier alpha value is -1.21. The van der Waals surface area contributed by atoms with Crippen LogP contribution in [0.15, 0.2) is 0 Å². The second-order valence-electron chi connectivity index (χ2n) is 4.62. The number of urea groups is 1. The van der Waals surface area contributed by atoms with Crippen molar-refractivity contribution in [3.8, 4) is 0 Å². The van der Waals surface area contributed by atoms with Crippen LogP contribution in [0.4, 0.5) is 9.93 Å². The van der Waals surface area contributed by atoms with Crippen molar-refractivity contribution in [2.75, 3.05) is 18.4 Å². The minimum absolute atomic E-state index is 0.129.